The molecule has 3 N–H and O–H groups in total. The van der Waals surface area contributed by atoms with Crippen LogP contribution in [-0.4, -0.2) is 105 Å². The summed E-state index contributed by atoms with van der Waals surface area (Å²) in [4.78, 5) is 54.3. The molecule has 324 valence electrons. The van der Waals surface area contributed by atoms with Gasteiger partial charge >= 0.3 is 5.92 Å². The number of nitrogens with one attached hydrogen (secondary N) is 3. The molecule has 2 aromatic carbocycles. The molecule has 6 aliphatic rings. The summed E-state index contributed by atoms with van der Waals surface area (Å²) >= 11 is 6.62. The number of carbonyl (C=O) groups is 2. The first-order chi connectivity index (χ1) is 29.8. The van der Waals surface area contributed by atoms with Crippen LogP contribution in [0.15, 0.2) is 47.4 Å². The zero-order valence-corrected chi connectivity index (χ0v) is 35.4. The predicted octanol–water partition coefficient (Wildman–Crippen LogP) is 5.39. The van der Waals surface area contributed by atoms with E-state index in [4.69, 9.17) is 26.4 Å². The number of halogens is 3. The minimum atomic E-state index is -3.13. The number of aromatic nitrogens is 5. The zero-order chi connectivity index (χ0) is 42.7. The van der Waals surface area contributed by atoms with E-state index in [1.54, 1.807) is 19.3 Å². The van der Waals surface area contributed by atoms with Crippen molar-refractivity contribution < 1.29 is 23.1 Å². The average molecular weight is 868 g/mol. The van der Waals surface area contributed by atoms with Crippen LogP contribution in [0.25, 0.3) is 21.8 Å². The molecule has 18 heteroatoms. The van der Waals surface area contributed by atoms with Crippen molar-refractivity contribution >= 4 is 74.0 Å². The fourth-order valence-electron chi connectivity index (χ4n) is 10.7. The van der Waals surface area contributed by atoms with Gasteiger partial charge in [0, 0.05) is 88.2 Å². The van der Waals surface area contributed by atoms with Crippen molar-refractivity contribution in [2.45, 2.75) is 56.4 Å². The van der Waals surface area contributed by atoms with Crippen LogP contribution in [0.1, 0.15) is 50.1 Å². The lowest BCUT2D eigenvalue weighted by molar-refractivity contribution is -0.134. The number of rotatable bonds is 8. The van der Waals surface area contributed by atoms with Crippen molar-refractivity contribution in [2.24, 2.45) is 31.3 Å². The summed E-state index contributed by atoms with van der Waals surface area (Å²) in [6.07, 6.45) is 5.99. The number of anilines is 5. The van der Waals surface area contributed by atoms with Gasteiger partial charge in [0.25, 0.3) is 5.56 Å². The van der Waals surface area contributed by atoms with Crippen molar-refractivity contribution in [3.05, 3.63) is 63.7 Å². The van der Waals surface area contributed by atoms with Gasteiger partial charge in [-0.1, -0.05) is 23.7 Å². The third kappa shape index (κ3) is 6.69. The largest absolute Gasteiger partial charge is 0.480 e. The normalized spacial score (nSPS) is 23.6. The Morgan fingerprint density at radius 1 is 0.968 bits per heavy atom. The third-order valence-corrected chi connectivity index (χ3v) is 14.2. The average Bonchev–Trinajstić information content (AvgIpc) is 4.03. The van der Waals surface area contributed by atoms with E-state index in [1.807, 2.05) is 36.0 Å². The number of imide groups is 1. The molecule has 15 nitrogen and oxygen atoms in total. The summed E-state index contributed by atoms with van der Waals surface area (Å²) in [5.41, 5.74) is 4.13. The second-order valence-electron chi connectivity index (χ2n) is 18.4. The maximum Gasteiger partial charge on any atom is 0.301 e. The second kappa shape index (κ2) is 14.5. The highest BCUT2D eigenvalue weighted by Gasteiger charge is 2.53. The molecule has 4 saturated heterocycles. The van der Waals surface area contributed by atoms with Gasteiger partial charge in [0.2, 0.25) is 23.5 Å². The van der Waals surface area contributed by atoms with E-state index < -0.39 is 30.0 Å². The number of ether oxygens (including phenoxy) is 1. The van der Waals surface area contributed by atoms with Crippen molar-refractivity contribution in [1.29, 1.82) is 0 Å². The topological polar surface area (TPSA) is 155 Å². The molecular formula is C44H48ClF2N11O4. The van der Waals surface area contributed by atoms with Crippen LogP contribution in [0.3, 0.4) is 0 Å². The smallest absolute Gasteiger partial charge is 0.301 e. The Hall–Kier alpha value is -5.55. The third-order valence-electron chi connectivity index (χ3n) is 14.0. The first-order valence-electron chi connectivity index (χ1n) is 21.6. The van der Waals surface area contributed by atoms with Crippen LogP contribution in [0.5, 0.6) is 5.75 Å². The molecule has 5 fully saturated rings. The molecule has 1 unspecified atom stereocenters. The lowest BCUT2D eigenvalue weighted by atomic mass is 9.72. The summed E-state index contributed by atoms with van der Waals surface area (Å²) in [6, 6.07) is 10.5. The monoisotopic (exact) mass is 867 g/mol. The minimum Gasteiger partial charge on any atom is -0.480 e. The van der Waals surface area contributed by atoms with Gasteiger partial charge in [0.15, 0.2) is 12.4 Å². The summed E-state index contributed by atoms with van der Waals surface area (Å²) in [7, 11) is 3.54. The number of carbonyl (C=O) groups excluding carboxylic acids is 2. The molecule has 5 aliphatic heterocycles. The number of pyridine rings is 1. The highest BCUT2D eigenvalue weighted by atomic mass is 35.5. The number of benzene rings is 2. The van der Waals surface area contributed by atoms with Crippen molar-refractivity contribution in [3.8, 4) is 5.75 Å². The van der Waals surface area contributed by atoms with Crippen molar-refractivity contribution in [1.82, 2.24) is 34.5 Å². The Labute approximate surface area is 360 Å². The van der Waals surface area contributed by atoms with Crippen LogP contribution in [0.4, 0.5) is 37.6 Å². The molecule has 11 rings (SSSR count). The molecule has 3 aromatic heterocycles. The van der Waals surface area contributed by atoms with Gasteiger partial charge in [-0.2, -0.15) is 10.1 Å². The standard InChI is InChI=1S/C44H48ClF2N11O4/c1-54-31-10-8-26(16-29(31)35-37(41(54)61)62-23-44(46,47)38(51-35)25-6-7-25)49-39-30(45)17-48-42(52-39)58-21-43(22-58)19-56(20-43)18-24-12-14-57(15-13-24)32-5-3-4-27-34(53-55(2)36(27)32)28-9-11-33(59)50-40(28)60/h3-5,8,10,16-17,24-25,28,38,51H,6-7,9,11-15,18-23H2,1-2H3,(H,48,49,52)(H,50,59,60)/t28?,38-/m0/s1. The lowest BCUT2D eigenvalue weighted by Crippen LogP contribution is -2.72. The number of alkyl halides is 2. The fraction of sp³-hybridized carbons (Fsp3) is 0.500. The van der Waals surface area contributed by atoms with Crippen LogP contribution in [-0.2, 0) is 23.7 Å². The molecule has 2 atom stereocenters. The number of hydrogen-bond donors (Lipinski definition) is 3. The number of likely N-dealkylation sites (tertiary alicyclic amines) is 1. The fourth-order valence-corrected chi connectivity index (χ4v) is 10.8. The maximum atomic E-state index is 15.2. The van der Waals surface area contributed by atoms with Gasteiger partial charge in [0.1, 0.15) is 5.02 Å². The van der Waals surface area contributed by atoms with Crippen LogP contribution < -0.4 is 36.0 Å². The zero-order valence-electron chi connectivity index (χ0n) is 34.6. The van der Waals surface area contributed by atoms with E-state index in [1.165, 1.54) is 4.57 Å². The second-order valence-corrected chi connectivity index (χ2v) is 18.9. The number of piperidine rings is 2. The van der Waals surface area contributed by atoms with Crippen LogP contribution in [0.2, 0.25) is 5.02 Å². The predicted molar refractivity (Wildman–Crippen MR) is 232 cm³/mol. The lowest BCUT2D eigenvalue weighted by Gasteiger charge is -2.61. The molecule has 0 bridgehead atoms. The molecule has 1 aliphatic carbocycles. The first kappa shape index (κ1) is 39.3. The number of nitrogens with zero attached hydrogens (tertiary/aromatic N) is 8. The van der Waals surface area contributed by atoms with Crippen molar-refractivity contribution in [2.75, 3.05) is 72.9 Å². The van der Waals surface area contributed by atoms with Gasteiger partial charge in [-0.05, 0) is 68.2 Å². The van der Waals surface area contributed by atoms with Gasteiger partial charge < -0.3 is 34.6 Å². The quantitative estimate of drug-likeness (QED) is 0.172. The molecule has 5 aromatic rings. The van der Waals surface area contributed by atoms with E-state index in [9.17, 15) is 14.4 Å². The highest BCUT2D eigenvalue weighted by molar-refractivity contribution is 6.33. The number of para-hydroxylation sites is 1. The van der Waals surface area contributed by atoms with Gasteiger partial charge in [-0.3, -0.25) is 24.4 Å². The van der Waals surface area contributed by atoms with E-state index in [2.05, 4.69) is 41.7 Å². The Balaban J connectivity index is 0.712. The summed E-state index contributed by atoms with van der Waals surface area (Å²) in [6.45, 7) is 5.90. The molecule has 8 heterocycles. The minimum absolute atomic E-state index is 0.103. The van der Waals surface area contributed by atoms with E-state index in [0.717, 1.165) is 80.9 Å². The van der Waals surface area contributed by atoms with Crippen molar-refractivity contribution in [3.63, 3.8) is 0 Å². The van der Waals surface area contributed by atoms with Gasteiger partial charge in [0.05, 0.1) is 46.3 Å². The number of hydrogen-bond acceptors (Lipinski definition) is 12. The molecule has 1 saturated carbocycles. The Morgan fingerprint density at radius 2 is 1.76 bits per heavy atom. The Kier molecular flexibility index (Phi) is 9.20. The van der Waals surface area contributed by atoms with Gasteiger partial charge in [-0.15, -0.1) is 0 Å². The number of fused-ring (bicyclic) bond motifs is 4. The van der Waals surface area contributed by atoms with E-state index >= 15 is 8.78 Å². The summed E-state index contributed by atoms with van der Waals surface area (Å²) in [5.74, 6) is -2.71. The molecule has 62 heavy (non-hydrogen) atoms. The summed E-state index contributed by atoms with van der Waals surface area (Å²) < 4.78 is 39.1. The highest BCUT2D eigenvalue weighted by Crippen LogP contribution is 2.47. The summed E-state index contributed by atoms with van der Waals surface area (Å²) in [5, 5.41) is 15.5. The Bertz CT molecular complexity index is 2720. The first-order valence-corrected chi connectivity index (χ1v) is 22.0. The SMILES string of the molecule is Cn1nc(C2CCC(=O)NC2=O)c2cccc(N3CCC(CN4CC5(C4)CN(c4ncc(Cl)c(Nc6ccc7c(c6)c6c(c(=O)n7C)OCC(F)(F)[C@H](C7CC7)N6)n4)C5)CC3)c21. The molecule has 1 spiro atoms. The molecule has 0 radical (unpaired) electrons. The van der Waals surface area contributed by atoms with Crippen LogP contribution in [0, 0.1) is 17.3 Å². The molecular weight excluding hydrogens is 820 g/mol. The Morgan fingerprint density at radius 3 is 2.52 bits per heavy atom. The van der Waals surface area contributed by atoms with Crippen LogP contribution >= 0.6 is 11.6 Å². The molecule has 2 amide bonds. The van der Waals surface area contributed by atoms with Gasteiger partial charge in [-0.25, -0.2) is 13.8 Å². The van der Waals surface area contributed by atoms with E-state index in [-0.39, 0.29) is 34.6 Å². The van der Waals surface area contributed by atoms with E-state index in [0.29, 0.717) is 65.0 Å². The number of aryl methyl sites for hydroxylation is 2. The number of amides is 2. The maximum absolute atomic E-state index is 15.2.